The number of nitrogen functional groups attached to an aromatic ring is 1. The zero-order chi connectivity index (χ0) is 21.7. The number of benzene rings is 1. The van der Waals surface area contributed by atoms with E-state index in [-0.39, 0.29) is 18.2 Å². The van der Waals surface area contributed by atoms with E-state index in [9.17, 15) is 14.2 Å². The zero-order valence-electron chi connectivity index (χ0n) is 15.9. The molecule has 2 aromatic rings. The van der Waals surface area contributed by atoms with Gasteiger partial charge in [0.1, 0.15) is 29.3 Å². The molecule has 0 radical (unpaired) electrons. The van der Waals surface area contributed by atoms with Crippen molar-refractivity contribution in [3.05, 3.63) is 53.1 Å². The SMILES string of the molecule is C[C@H](NP(=O)(OC[C@@H]1O[C@H](n2ccc(N)nc2=O)CS1)Oc1ccccc1)C(=O)O. The fraction of sp³-hybridized carbons (Fsp3) is 0.353. The molecule has 1 unspecified atom stereocenters. The Labute approximate surface area is 176 Å². The lowest BCUT2D eigenvalue weighted by Gasteiger charge is -2.23. The summed E-state index contributed by atoms with van der Waals surface area (Å²) in [6.45, 7) is 1.16. The Kier molecular flexibility index (Phi) is 7.16. The van der Waals surface area contributed by atoms with Crippen molar-refractivity contribution < 1.29 is 28.3 Å². The second-order valence-electron chi connectivity index (χ2n) is 6.28. The fourth-order valence-corrected chi connectivity index (χ4v) is 5.07. The van der Waals surface area contributed by atoms with E-state index in [2.05, 4.69) is 10.1 Å². The molecule has 4 N–H and O–H groups in total. The Morgan fingerprint density at radius 1 is 1.47 bits per heavy atom. The highest BCUT2D eigenvalue weighted by molar-refractivity contribution is 8.00. The summed E-state index contributed by atoms with van der Waals surface area (Å²) in [5.41, 5.74) is 4.38. The number of nitrogens with one attached hydrogen (secondary N) is 1. The van der Waals surface area contributed by atoms with Crippen molar-refractivity contribution in [3.63, 3.8) is 0 Å². The molecule has 1 aromatic carbocycles. The second-order valence-corrected chi connectivity index (χ2v) is 9.17. The summed E-state index contributed by atoms with van der Waals surface area (Å²) >= 11 is 1.34. The van der Waals surface area contributed by atoms with Crippen LogP contribution in [0.3, 0.4) is 0 Å². The van der Waals surface area contributed by atoms with Crippen LogP contribution >= 0.6 is 19.5 Å². The molecule has 1 aliphatic rings. The molecule has 4 atom stereocenters. The highest BCUT2D eigenvalue weighted by Crippen LogP contribution is 2.46. The van der Waals surface area contributed by atoms with E-state index in [1.165, 1.54) is 35.5 Å². The van der Waals surface area contributed by atoms with Gasteiger partial charge in [-0.2, -0.15) is 10.1 Å². The van der Waals surface area contributed by atoms with Crippen molar-refractivity contribution >= 4 is 31.3 Å². The number of rotatable bonds is 9. The zero-order valence-corrected chi connectivity index (χ0v) is 17.6. The highest BCUT2D eigenvalue weighted by atomic mass is 32.2. The summed E-state index contributed by atoms with van der Waals surface area (Å²) in [6.07, 6.45) is 0.892. The van der Waals surface area contributed by atoms with Crippen molar-refractivity contribution in [2.24, 2.45) is 0 Å². The largest absolute Gasteiger partial charge is 0.480 e. The van der Waals surface area contributed by atoms with Gasteiger partial charge in [0.25, 0.3) is 0 Å². The van der Waals surface area contributed by atoms with Gasteiger partial charge < -0.3 is 20.1 Å². The number of carboxylic acid groups (broad SMARTS) is 1. The number of hydrogen-bond donors (Lipinski definition) is 3. The quantitative estimate of drug-likeness (QED) is 0.472. The molecule has 0 saturated carbocycles. The number of aromatic nitrogens is 2. The van der Waals surface area contributed by atoms with E-state index in [1.807, 2.05) is 0 Å². The first-order valence-corrected chi connectivity index (χ1v) is 11.5. The molecule has 1 aromatic heterocycles. The van der Waals surface area contributed by atoms with Crippen LogP contribution < -0.4 is 21.0 Å². The minimum Gasteiger partial charge on any atom is -0.480 e. The first-order chi connectivity index (χ1) is 14.3. The van der Waals surface area contributed by atoms with Crippen molar-refractivity contribution in [1.82, 2.24) is 14.6 Å². The lowest BCUT2D eigenvalue weighted by Crippen LogP contribution is -2.34. The average Bonchev–Trinajstić information content (AvgIpc) is 3.16. The predicted molar refractivity (Wildman–Crippen MR) is 110 cm³/mol. The van der Waals surface area contributed by atoms with Crippen LogP contribution in [0.15, 0.2) is 47.4 Å². The molecule has 0 amide bonds. The normalized spacial score (nSPS) is 21.6. The summed E-state index contributed by atoms with van der Waals surface area (Å²) in [6, 6.07) is 8.56. The minimum absolute atomic E-state index is 0.111. The van der Waals surface area contributed by atoms with Crippen LogP contribution in [0.4, 0.5) is 5.82 Å². The molecule has 1 aliphatic heterocycles. The number of thioether (sulfide) groups is 1. The van der Waals surface area contributed by atoms with Crippen LogP contribution in [-0.4, -0.2) is 44.5 Å². The van der Waals surface area contributed by atoms with E-state index in [1.54, 1.807) is 30.3 Å². The summed E-state index contributed by atoms with van der Waals surface area (Å²) in [7, 11) is -4.03. The molecule has 11 nitrogen and oxygen atoms in total. The van der Waals surface area contributed by atoms with Gasteiger partial charge in [-0.1, -0.05) is 18.2 Å². The maximum atomic E-state index is 13.1. The molecule has 0 aliphatic carbocycles. The van der Waals surface area contributed by atoms with E-state index in [0.717, 1.165) is 0 Å². The number of ether oxygens (including phenoxy) is 1. The van der Waals surface area contributed by atoms with Gasteiger partial charge in [-0.05, 0) is 25.1 Å². The van der Waals surface area contributed by atoms with Crippen LogP contribution in [0.5, 0.6) is 5.75 Å². The van der Waals surface area contributed by atoms with E-state index in [0.29, 0.717) is 5.75 Å². The number of aliphatic carboxylic acids is 1. The lowest BCUT2D eigenvalue weighted by molar-refractivity contribution is -0.138. The number of anilines is 1. The van der Waals surface area contributed by atoms with Gasteiger partial charge in [0, 0.05) is 11.9 Å². The second kappa shape index (κ2) is 9.63. The number of hydrogen-bond acceptors (Lipinski definition) is 9. The van der Waals surface area contributed by atoms with Crippen molar-refractivity contribution in [1.29, 1.82) is 0 Å². The summed E-state index contributed by atoms with van der Waals surface area (Å²) in [5, 5.41) is 11.5. The monoisotopic (exact) mass is 456 g/mol. The van der Waals surface area contributed by atoms with Crippen LogP contribution in [0.25, 0.3) is 0 Å². The third-order valence-electron chi connectivity index (χ3n) is 3.97. The molecule has 162 valence electrons. The maximum absolute atomic E-state index is 13.1. The number of nitrogens with zero attached hydrogens (tertiary/aromatic N) is 2. The summed E-state index contributed by atoms with van der Waals surface area (Å²) < 4.78 is 31.1. The van der Waals surface area contributed by atoms with Crippen molar-refractivity contribution in [3.8, 4) is 5.75 Å². The van der Waals surface area contributed by atoms with E-state index < -0.39 is 37.1 Å². The van der Waals surface area contributed by atoms with Gasteiger partial charge in [-0.15, -0.1) is 11.8 Å². The Hall–Kier alpha value is -2.37. The van der Waals surface area contributed by atoms with Gasteiger partial charge in [0.15, 0.2) is 0 Å². The molecule has 0 spiro atoms. The molecule has 1 saturated heterocycles. The molecule has 2 heterocycles. The molecule has 0 bridgehead atoms. The molecule has 13 heteroatoms. The standard InChI is InChI=1S/C17H21N4O7PS/c1-11(16(22)23)20-29(25,28-12-5-3-2-4-6-12)26-9-15-27-14(10-30-15)21-8-7-13(18)19-17(21)24/h2-8,11,14-15H,9-10H2,1H3,(H,20,25)(H,22,23)(H2,18,19,24)/t11-,14-,15+,29?/m0/s1. The smallest absolute Gasteiger partial charge is 0.459 e. The Morgan fingerprint density at radius 2 is 2.20 bits per heavy atom. The molecule has 1 fully saturated rings. The maximum Gasteiger partial charge on any atom is 0.459 e. The van der Waals surface area contributed by atoms with E-state index >= 15 is 0 Å². The number of nitrogens with two attached hydrogens (primary N) is 1. The molecular formula is C17H21N4O7PS. The lowest BCUT2D eigenvalue weighted by atomic mass is 10.3. The topological polar surface area (TPSA) is 155 Å². The Bertz CT molecular complexity index is 990. The highest BCUT2D eigenvalue weighted by Gasteiger charge is 2.35. The first-order valence-electron chi connectivity index (χ1n) is 8.87. The molecule has 3 rings (SSSR count). The Morgan fingerprint density at radius 3 is 2.87 bits per heavy atom. The van der Waals surface area contributed by atoms with Crippen LogP contribution in [0.2, 0.25) is 0 Å². The number of carboxylic acids is 1. The van der Waals surface area contributed by atoms with Crippen molar-refractivity contribution in [2.45, 2.75) is 24.6 Å². The van der Waals surface area contributed by atoms with Gasteiger partial charge >= 0.3 is 19.4 Å². The van der Waals surface area contributed by atoms with Gasteiger partial charge in [0.2, 0.25) is 0 Å². The van der Waals surface area contributed by atoms with Crippen LogP contribution in [0.1, 0.15) is 13.2 Å². The van der Waals surface area contributed by atoms with Gasteiger partial charge in [-0.3, -0.25) is 13.9 Å². The minimum atomic E-state index is -4.03. The molecular weight excluding hydrogens is 435 g/mol. The predicted octanol–water partition coefficient (Wildman–Crippen LogP) is 1.68. The van der Waals surface area contributed by atoms with Gasteiger partial charge in [-0.25, -0.2) is 9.36 Å². The van der Waals surface area contributed by atoms with Gasteiger partial charge in [0.05, 0.1) is 6.61 Å². The van der Waals surface area contributed by atoms with Crippen molar-refractivity contribution in [2.75, 3.05) is 18.1 Å². The summed E-state index contributed by atoms with van der Waals surface area (Å²) in [4.78, 5) is 26.8. The van der Waals surface area contributed by atoms with Crippen LogP contribution in [0, 0.1) is 0 Å². The number of carbonyl (C=O) groups is 1. The van der Waals surface area contributed by atoms with Crippen LogP contribution in [-0.2, 0) is 18.6 Å². The number of para-hydroxylation sites is 1. The van der Waals surface area contributed by atoms with E-state index in [4.69, 9.17) is 24.6 Å². The third kappa shape index (κ3) is 5.83. The molecule has 30 heavy (non-hydrogen) atoms. The third-order valence-corrected chi connectivity index (χ3v) is 6.71. The summed E-state index contributed by atoms with van der Waals surface area (Å²) in [5.74, 6) is -0.414. The first kappa shape index (κ1) is 22.3. The fourth-order valence-electron chi connectivity index (χ4n) is 2.48. The Balaban J connectivity index is 1.65. The average molecular weight is 456 g/mol.